The highest BCUT2D eigenvalue weighted by molar-refractivity contribution is 6.19. The topological polar surface area (TPSA) is 27.1 Å². The van der Waals surface area contributed by atoms with Crippen LogP contribution in [0.2, 0.25) is 0 Å². The molecule has 0 N–H and O–H groups in total. The fourth-order valence-corrected chi connectivity index (χ4v) is 1.77. The number of aryl methyl sites for hydroxylation is 1. The van der Waals surface area contributed by atoms with Crippen molar-refractivity contribution in [2.24, 2.45) is 0 Å². The van der Waals surface area contributed by atoms with Crippen molar-refractivity contribution in [3.63, 3.8) is 0 Å². The Kier molecular flexibility index (Phi) is 4.88. The molecule has 1 aromatic heterocycles. The van der Waals surface area contributed by atoms with Gasteiger partial charge in [-0.25, -0.2) is 0 Å². The van der Waals surface area contributed by atoms with Gasteiger partial charge in [-0.15, -0.1) is 11.6 Å². The number of benzene rings is 1. The van der Waals surface area contributed by atoms with Crippen LogP contribution < -0.4 is 4.74 Å². The number of ether oxygens (including phenoxy) is 1. The Hall–Kier alpha value is -1.92. The van der Waals surface area contributed by atoms with E-state index in [0.717, 1.165) is 23.4 Å². The summed E-state index contributed by atoms with van der Waals surface area (Å²) in [4.78, 5) is 0. The molecule has 0 amide bonds. The van der Waals surface area contributed by atoms with Gasteiger partial charge in [-0.1, -0.05) is 11.8 Å². The summed E-state index contributed by atoms with van der Waals surface area (Å²) in [6.07, 6.45) is 3.68. The molecule has 0 radical (unpaired) electrons. The molecule has 0 saturated heterocycles. The SMILES string of the molecule is Cc1cc(C#CCCl)ccc1OCCn1cccn1. The smallest absolute Gasteiger partial charge is 0.122 e. The molecule has 0 aliphatic rings. The average Bonchev–Trinajstić information content (AvgIpc) is 2.92. The summed E-state index contributed by atoms with van der Waals surface area (Å²) in [6.45, 7) is 3.34. The van der Waals surface area contributed by atoms with Crippen molar-refractivity contribution in [3.8, 4) is 17.6 Å². The monoisotopic (exact) mass is 274 g/mol. The fraction of sp³-hybridized carbons (Fsp3) is 0.267. The molecule has 1 aromatic carbocycles. The first-order valence-corrected chi connectivity index (χ1v) is 6.59. The van der Waals surface area contributed by atoms with Crippen LogP contribution in [0.25, 0.3) is 0 Å². The van der Waals surface area contributed by atoms with Gasteiger partial charge in [0.2, 0.25) is 0 Å². The summed E-state index contributed by atoms with van der Waals surface area (Å²) >= 11 is 5.53. The van der Waals surface area contributed by atoms with Crippen molar-refractivity contribution in [2.75, 3.05) is 12.5 Å². The summed E-state index contributed by atoms with van der Waals surface area (Å²) in [6, 6.07) is 7.78. The molecule has 0 saturated carbocycles. The third-order valence-electron chi connectivity index (χ3n) is 2.61. The third-order valence-corrected chi connectivity index (χ3v) is 2.75. The first-order chi connectivity index (χ1) is 9.29. The maximum absolute atomic E-state index is 5.73. The molecule has 0 spiro atoms. The van der Waals surface area contributed by atoms with Crippen molar-refractivity contribution in [2.45, 2.75) is 13.5 Å². The highest BCUT2D eigenvalue weighted by Gasteiger charge is 2.00. The molecule has 4 heteroatoms. The van der Waals surface area contributed by atoms with E-state index in [1.807, 2.05) is 42.1 Å². The van der Waals surface area contributed by atoms with Gasteiger partial charge in [0.05, 0.1) is 12.4 Å². The van der Waals surface area contributed by atoms with Crippen LogP contribution in [0.5, 0.6) is 5.75 Å². The van der Waals surface area contributed by atoms with Gasteiger partial charge in [-0.05, 0) is 36.8 Å². The summed E-state index contributed by atoms with van der Waals surface area (Å²) in [5.41, 5.74) is 2.03. The van der Waals surface area contributed by atoms with Crippen LogP contribution in [0.1, 0.15) is 11.1 Å². The van der Waals surface area contributed by atoms with Crippen molar-refractivity contribution in [3.05, 3.63) is 47.8 Å². The van der Waals surface area contributed by atoms with Crippen LogP contribution >= 0.6 is 11.6 Å². The zero-order valence-electron chi connectivity index (χ0n) is 10.8. The second-order valence-electron chi connectivity index (χ2n) is 4.03. The molecule has 0 bridgehead atoms. The van der Waals surface area contributed by atoms with Gasteiger partial charge in [-0.3, -0.25) is 4.68 Å². The predicted octanol–water partition coefficient (Wildman–Crippen LogP) is 2.86. The van der Waals surface area contributed by atoms with Crippen LogP contribution in [-0.2, 0) is 6.54 Å². The number of alkyl halides is 1. The Morgan fingerprint density at radius 2 is 2.32 bits per heavy atom. The number of hydrogen-bond acceptors (Lipinski definition) is 2. The van der Waals surface area contributed by atoms with E-state index in [0.29, 0.717) is 12.5 Å². The first-order valence-electron chi connectivity index (χ1n) is 6.05. The fourth-order valence-electron chi connectivity index (χ4n) is 1.71. The molecule has 1 heterocycles. The number of rotatable bonds is 4. The highest BCUT2D eigenvalue weighted by atomic mass is 35.5. The summed E-state index contributed by atoms with van der Waals surface area (Å²) in [7, 11) is 0. The number of aromatic nitrogens is 2. The Labute approximate surface area is 118 Å². The van der Waals surface area contributed by atoms with E-state index < -0.39 is 0 Å². The lowest BCUT2D eigenvalue weighted by molar-refractivity contribution is 0.289. The molecular weight excluding hydrogens is 260 g/mol. The van der Waals surface area contributed by atoms with Crippen LogP contribution in [-0.4, -0.2) is 22.3 Å². The molecule has 19 heavy (non-hydrogen) atoms. The van der Waals surface area contributed by atoms with Gasteiger partial charge >= 0.3 is 0 Å². The number of nitrogens with zero attached hydrogens (tertiary/aromatic N) is 2. The molecule has 2 aromatic rings. The quantitative estimate of drug-likeness (QED) is 0.633. The maximum atomic E-state index is 5.73. The molecule has 0 aliphatic carbocycles. The minimum Gasteiger partial charge on any atom is -0.491 e. The largest absolute Gasteiger partial charge is 0.491 e. The number of halogens is 1. The van der Waals surface area contributed by atoms with E-state index in [1.54, 1.807) is 6.20 Å². The normalized spacial score (nSPS) is 9.79. The van der Waals surface area contributed by atoms with E-state index in [9.17, 15) is 0 Å². The van der Waals surface area contributed by atoms with Crippen molar-refractivity contribution >= 4 is 11.6 Å². The Bertz CT molecular complexity index is 582. The first kappa shape index (κ1) is 13.5. The summed E-state index contributed by atoms with van der Waals surface area (Å²) < 4.78 is 7.58. The van der Waals surface area contributed by atoms with E-state index in [1.165, 1.54) is 0 Å². The zero-order chi connectivity index (χ0) is 13.5. The van der Waals surface area contributed by atoms with Crippen LogP contribution in [0, 0.1) is 18.8 Å². The van der Waals surface area contributed by atoms with Crippen molar-refractivity contribution < 1.29 is 4.74 Å². The van der Waals surface area contributed by atoms with Crippen LogP contribution in [0.4, 0.5) is 0 Å². The van der Waals surface area contributed by atoms with Gasteiger partial charge in [0.1, 0.15) is 12.4 Å². The molecular formula is C15H15ClN2O. The zero-order valence-corrected chi connectivity index (χ0v) is 11.5. The Balaban J connectivity index is 1.93. The van der Waals surface area contributed by atoms with Gasteiger partial charge < -0.3 is 4.74 Å². The molecule has 98 valence electrons. The summed E-state index contributed by atoms with van der Waals surface area (Å²) in [5, 5.41) is 4.12. The molecule has 0 atom stereocenters. The van der Waals surface area contributed by atoms with E-state index >= 15 is 0 Å². The minimum absolute atomic E-state index is 0.348. The van der Waals surface area contributed by atoms with Gasteiger partial charge in [0.25, 0.3) is 0 Å². The van der Waals surface area contributed by atoms with Crippen LogP contribution in [0.15, 0.2) is 36.7 Å². The predicted molar refractivity (Wildman–Crippen MR) is 76.5 cm³/mol. The molecule has 3 nitrogen and oxygen atoms in total. The standard InChI is InChI=1S/C15H15ClN2O/c1-13-12-14(4-2-7-16)5-6-15(13)19-11-10-18-9-3-8-17-18/h3,5-6,8-9,12H,7,10-11H2,1H3. The van der Waals surface area contributed by atoms with Crippen molar-refractivity contribution in [1.29, 1.82) is 0 Å². The lowest BCUT2D eigenvalue weighted by Gasteiger charge is -2.09. The van der Waals surface area contributed by atoms with E-state index in [-0.39, 0.29) is 0 Å². The molecule has 0 fully saturated rings. The second kappa shape index (κ2) is 6.86. The van der Waals surface area contributed by atoms with Crippen molar-refractivity contribution in [1.82, 2.24) is 9.78 Å². The van der Waals surface area contributed by atoms with Gasteiger partial charge in [0, 0.05) is 18.0 Å². The molecule has 0 unspecified atom stereocenters. The van der Waals surface area contributed by atoms with Crippen LogP contribution in [0.3, 0.4) is 0 Å². The lowest BCUT2D eigenvalue weighted by Crippen LogP contribution is -2.08. The Morgan fingerprint density at radius 1 is 1.42 bits per heavy atom. The van der Waals surface area contributed by atoms with Gasteiger partial charge in [0.15, 0.2) is 0 Å². The maximum Gasteiger partial charge on any atom is 0.122 e. The third kappa shape index (κ3) is 4.04. The average molecular weight is 275 g/mol. The van der Waals surface area contributed by atoms with E-state index in [4.69, 9.17) is 16.3 Å². The minimum atomic E-state index is 0.348. The second-order valence-corrected chi connectivity index (χ2v) is 4.30. The molecule has 0 aliphatic heterocycles. The molecule has 2 rings (SSSR count). The van der Waals surface area contributed by atoms with E-state index in [2.05, 4.69) is 16.9 Å². The Morgan fingerprint density at radius 3 is 3.00 bits per heavy atom. The lowest BCUT2D eigenvalue weighted by atomic mass is 10.1. The highest BCUT2D eigenvalue weighted by Crippen LogP contribution is 2.18. The summed E-state index contributed by atoms with van der Waals surface area (Å²) in [5.74, 6) is 7.05. The van der Waals surface area contributed by atoms with Gasteiger partial charge in [-0.2, -0.15) is 5.10 Å². The number of hydrogen-bond donors (Lipinski definition) is 0.